The lowest BCUT2D eigenvalue weighted by Gasteiger charge is -2.21. The van der Waals surface area contributed by atoms with Crippen molar-refractivity contribution in [2.75, 3.05) is 33.5 Å². The van der Waals surface area contributed by atoms with Crippen LogP contribution in [0.1, 0.15) is 17.5 Å². The summed E-state index contributed by atoms with van der Waals surface area (Å²) in [6, 6.07) is 8.28. The van der Waals surface area contributed by atoms with E-state index in [2.05, 4.69) is 12.1 Å². The second-order valence-electron chi connectivity index (χ2n) is 4.69. The first-order valence-electron chi connectivity index (χ1n) is 6.72. The van der Waals surface area contributed by atoms with Crippen LogP contribution in [0.25, 0.3) is 0 Å². The summed E-state index contributed by atoms with van der Waals surface area (Å²) in [5, 5.41) is 0. The Morgan fingerprint density at radius 3 is 2.68 bits per heavy atom. The van der Waals surface area contributed by atoms with Gasteiger partial charge in [0, 0.05) is 26.6 Å². The van der Waals surface area contributed by atoms with Crippen molar-refractivity contribution in [2.24, 2.45) is 0 Å². The third-order valence-electron chi connectivity index (χ3n) is 3.38. The van der Waals surface area contributed by atoms with Gasteiger partial charge in [-0.15, -0.1) is 0 Å². The molecule has 0 unspecified atom stereocenters. The summed E-state index contributed by atoms with van der Waals surface area (Å²) < 4.78 is 10.4. The fourth-order valence-corrected chi connectivity index (χ4v) is 2.27. The van der Waals surface area contributed by atoms with Crippen LogP contribution >= 0.6 is 0 Å². The van der Waals surface area contributed by atoms with Gasteiger partial charge >= 0.3 is 0 Å². The van der Waals surface area contributed by atoms with E-state index in [1.54, 1.807) is 7.11 Å². The molecule has 4 heteroatoms. The van der Waals surface area contributed by atoms with Gasteiger partial charge in [-0.1, -0.05) is 24.3 Å². The van der Waals surface area contributed by atoms with Gasteiger partial charge in [0.2, 0.25) is 5.91 Å². The molecule has 0 aromatic heterocycles. The Morgan fingerprint density at radius 2 is 1.89 bits per heavy atom. The van der Waals surface area contributed by atoms with Gasteiger partial charge in [-0.25, -0.2) is 0 Å². The Hall–Kier alpha value is -1.39. The summed E-state index contributed by atoms with van der Waals surface area (Å²) >= 11 is 0. The third-order valence-corrected chi connectivity index (χ3v) is 3.38. The molecule has 0 atom stereocenters. The van der Waals surface area contributed by atoms with Crippen molar-refractivity contribution >= 4 is 5.91 Å². The van der Waals surface area contributed by atoms with Crippen LogP contribution in [0.15, 0.2) is 24.3 Å². The molecule has 1 heterocycles. The molecule has 104 valence electrons. The van der Waals surface area contributed by atoms with Crippen molar-refractivity contribution in [3.63, 3.8) is 0 Å². The third kappa shape index (κ3) is 4.04. The number of hydrogen-bond acceptors (Lipinski definition) is 3. The van der Waals surface area contributed by atoms with Gasteiger partial charge in [-0.2, -0.15) is 0 Å². The molecule has 2 rings (SSSR count). The van der Waals surface area contributed by atoms with Crippen molar-refractivity contribution in [1.82, 2.24) is 4.90 Å². The van der Waals surface area contributed by atoms with Crippen molar-refractivity contribution < 1.29 is 14.3 Å². The van der Waals surface area contributed by atoms with Gasteiger partial charge < -0.3 is 14.4 Å². The molecule has 1 aliphatic heterocycles. The van der Waals surface area contributed by atoms with E-state index >= 15 is 0 Å². The molecule has 1 aliphatic rings. The lowest BCUT2D eigenvalue weighted by atomic mass is 10.0. The topological polar surface area (TPSA) is 38.8 Å². The minimum Gasteiger partial charge on any atom is -0.382 e. The average molecular weight is 263 g/mol. The summed E-state index contributed by atoms with van der Waals surface area (Å²) in [6.45, 7) is 3.09. The first-order chi connectivity index (χ1) is 9.31. The molecule has 4 nitrogen and oxygen atoms in total. The van der Waals surface area contributed by atoms with E-state index in [1.165, 1.54) is 11.1 Å². The van der Waals surface area contributed by atoms with Gasteiger partial charge in [0.15, 0.2) is 0 Å². The van der Waals surface area contributed by atoms with Gasteiger partial charge in [0.05, 0.1) is 19.8 Å². The van der Waals surface area contributed by atoms with E-state index in [-0.39, 0.29) is 5.91 Å². The standard InChI is InChI=1S/C15H21NO3/c1-18-10-11-19-9-8-16-12-14-5-3-2-4-13(14)6-7-15(16)17/h2-5H,6-12H2,1H3. The number of nitrogens with zero attached hydrogens (tertiary/aromatic N) is 1. The van der Waals surface area contributed by atoms with Crippen molar-refractivity contribution in [2.45, 2.75) is 19.4 Å². The minimum absolute atomic E-state index is 0.214. The number of methoxy groups -OCH3 is 1. The van der Waals surface area contributed by atoms with E-state index in [9.17, 15) is 4.79 Å². The monoisotopic (exact) mass is 263 g/mol. The van der Waals surface area contributed by atoms with Crippen LogP contribution in [-0.4, -0.2) is 44.3 Å². The highest BCUT2D eigenvalue weighted by molar-refractivity contribution is 5.77. The molecule has 1 amide bonds. The largest absolute Gasteiger partial charge is 0.382 e. The maximum Gasteiger partial charge on any atom is 0.223 e. The first-order valence-corrected chi connectivity index (χ1v) is 6.72. The number of ether oxygens (including phenoxy) is 2. The molecule has 1 aromatic carbocycles. The number of aryl methyl sites for hydroxylation is 1. The van der Waals surface area contributed by atoms with Crippen LogP contribution < -0.4 is 0 Å². The number of benzene rings is 1. The van der Waals surface area contributed by atoms with E-state index in [0.717, 1.165) is 6.42 Å². The predicted molar refractivity (Wildman–Crippen MR) is 72.9 cm³/mol. The molecule has 0 spiro atoms. The fraction of sp³-hybridized carbons (Fsp3) is 0.533. The Balaban J connectivity index is 1.88. The Kier molecular flexibility index (Phi) is 5.36. The predicted octanol–water partition coefficient (Wildman–Crippen LogP) is 1.62. The zero-order chi connectivity index (χ0) is 13.5. The normalized spacial score (nSPS) is 15.2. The van der Waals surface area contributed by atoms with E-state index in [4.69, 9.17) is 9.47 Å². The summed E-state index contributed by atoms with van der Waals surface area (Å²) in [6.07, 6.45) is 1.44. The maximum absolute atomic E-state index is 12.0. The van der Waals surface area contributed by atoms with Gasteiger partial charge in [-0.05, 0) is 17.5 Å². The molecule has 19 heavy (non-hydrogen) atoms. The summed E-state index contributed by atoms with van der Waals surface area (Å²) in [5.41, 5.74) is 2.55. The Morgan fingerprint density at radius 1 is 1.11 bits per heavy atom. The summed E-state index contributed by atoms with van der Waals surface area (Å²) in [5.74, 6) is 0.214. The van der Waals surface area contributed by atoms with Crippen LogP contribution in [0.4, 0.5) is 0 Å². The second kappa shape index (κ2) is 7.26. The first kappa shape index (κ1) is 14.0. The molecule has 0 N–H and O–H groups in total. The van der Waals surface area contributed by atoms with Crippen LogP contribution in [0.5, 0.6) is 0 Å². The zero-order valence-electron chi connectivity index (χ0n) is 11.4. The molecular formula is C15H21NO3. The molecule has 0 radical (unpaired) electrons. The van der Waals surface area contributed by atoms with Gasteiger partial charge in [0.25, 0.3) is 0 Å². The van der Waals surface area contributed by atoms with Crippen LogP contribution in [0.2, 0.25) is 0 Å². The number of carbonyl (C=O) groups excluding carboxylic acids is 1. The SMILES string of the molecule is COCCOCCN1Cc2ccccc2CCC1=O. The number of amides is 1. The minimum atomic E-state index is 0.214. The highest BCUT2D eigenvalue weighted by Crippen LogP contribution is 2.18. The molecule has 0 fully saturated rings. The van der Waals surface area contributed by atoms with Crippen molar-refractivity contribution in [3.05, 3.63) is 35.4 Å². The quantitative estimate of drug-likeness (QED) is 0.732. The molecule has 1 aromatic rings. The number of rotatable bonds is 6. The van der Waals surface area contributed by atoms with Crippen LogP contribution in [0, 0.1) is 0 Å². The number of hydrogen-bond donors (Lipinski definition) is 0. The number of carbonyl (C=O) groups is 1. The van der Waals surface area contributed by atoms with Crippen molar-refractivity contribution in [3.8, 4) is 0 Å². The van der Waals surface area contributed by atoms with Crippen LogP contribution in [-0.2, 0) is 27.2 Å². The molecule has 0 saturated heterocycles. The Labute approximate surface area is 114 Å². The van der Waals surface area contributed by atoms with Crippen molar-refractivity contribution in [1.29, 1.82) is 0 Å². The van der Waals surface area contributed by atoms with E-state index < -0.39 is 0 Å². The van der Waals surface area contributed by atoms with E-state index in [1.807, 2.05) is 17.0 Å². The average Bonchev–Trinajstić information content (AvgIpc) is 2.59. The molecular weight excluding hydrogens is 242 g/mol. The number of fused-ring (bicyclic) bond motifs is 1. The second-order valence-corrected chi connectivity index (χ2v) is 4.69. The lowest BCUT2D eigenvalue weighted by Crippen LogP contribution is -2.32. The van der Waals surface area contributed by atoms with Gasteiger partial charge in [0.1, 0.15) is 0 Å². The summed E-state index contributed by atoms with van der Waals surface area (Å²) in [4.78, 5) is 13.9. The highest BCUT2D eigenvalue weighted by Gasteiger charge is 2.19. The highest BCUT2D eigenvalue weighted by atomic mass is 16.5. The molecule has 0 saturated carbocycles. The molecule has 0 aliphatic carbocycles. The van der Waals surface area contributed by atoms with Gasteiger partial charge in [-0.3, -0.25) is 4.79 Å². The van der Waals surface area contributed by atoms with E-state index in [0.29, 0.717) is 39.3 Å². The Bertz CT molecular complexity index is 420. The smallest absolute Gasteiger partial charge is 0.223 e. The van der Waals surface area contributed by atoms with Crippen LogP contribution in [0.3, 0.4) is 0 Å². The summed E-state index contributed by atoms with van der Waals surface area (Å²) in [7, 11) is 1.65. The lowest BCUT2D eigenvalue weighted by molar-refractivity contribution is -0.132. The molecule has 0 bridgehead atoms. The fourth-order valence-electron chi connectivity index (χ4n) is 2.27. The zero-order valence-corrected chi connectivity index (χ0v) is 11.4. The maximum atomic E-state index is 12.0.